The molecule has 2 aromatic rings. The third kappa shape index (κ3) is 5.06. The van der Waals surface area contributed by atoms with Gasteiger partial charge in [0.1, 0.15) is 5.82 Å². The minimum Gasteiger partial charge on any atom is -0.381 e. The van der Waals surface area contributed by atoms with Gasteiger partial charge in [-0.2, -0.15) is 13.2 Å². The summed E-state index contributed by atoms with van der Waals surface area (Å²) in [5.74, 6) is 3.06. The predicted molar refractivity (Wildman–Crippen MR) is 124 cm³/mol. The SMILES string of the molecule is Cl.Cn1c(SCCCN2C[C@@H]3C[C@]3(c3ccc(C(F)(F)F)cc3)C2)nnc1C1CCOCC1. The second-order valence-corrected chi connectivity index (χ2v) is 10.4. The second-order valence-electron chi connectivity index (χ2n) is 9.36. The average molecular weight is 503 g/mol. The highest BCUT2D eigenvalue weighted by atomic mass is 35.5. The van der Waals surface area contributed by atoms with Crippen molar-refractivity contribution in [2.75, 3.05) is 38.6 Å². The number of benzene rings is 1. The number of nitrogens with zero attached hydrogens (tertiary/aromatic N) is 4. The second kappa shape index (κ2) is 9.76. The first-order valence-corrected chi connectivity index (χ1v) is 12.4. The smallest absolute Gasteiger partial charge is 0.381 e. The lowest BCUT2D eigenvalue weighted by Crippen LogP contribution is -2.28. The molecule has 5 nitrogen and oxygen atoms in total. The fraction of sp³-hybridized carbons (Fsp3) is 0.652. The Kier molecular flexibility index (Phi) is 7.34. The van der Waals surface area contributed by atoms with Crippen molar-refractivity contribution >= 4 is 24.2 Å². The number of hydrogen-bond acceptors (Lipinski definition) is 5. The number of aromatic nitrogens is 3. The van der Waals surface area contributed by atoms with Gasteiger partial charge >= 0.3 is 6.18 Å². The molecule has 1 aromatic carbocycles. The average Bonchev–Trinajstić information content (AvgIpc) is 3.16. The molecule has 0 spiro atoms. The number of fused-ring (bicyclic) bond motifs is 1. The maximum absolute atomic E-state index is 12.9. The Labute approximate surface area is 202 Å². The Balaban J connectivity index is 0.00000259. The summed E-state index contributed by atoms with van der Waals surface area (Å²) in [6.07, 6.45) is -0.106. The van der Waals surface area contributed by atoms with Crippen LogP contribution < -0.4 is 0 Å². The lowest BCUT2D eigenvalue weighted by atomic mass is 9.94. The number of rotatable bonds is 7. The molecule has 3 heterocycles. The van der Waals surface area contributed by atoms with Crippen LogP contribution in [0.15, 0.2) is 29.4 Å². The lowest BCUT2D eigenvalue weighted by molar-refractivity contribution is -0.137. The molecule has 2 aliphatic heterocycles. The van der Waals surface area contributed by atoms with E-state index < -0.39 is 11.7 Å². The van der Waals surface area contributed by atoms with E-state index in [-0.39, 0.29) is 17.8 Å². The van der Waals surface area contributed by atoms with Gasteiger partial charge in [0, 0.05) is 50.4 Å². The van der Waals surface area contributed by atoms with E-state index in [1.807, 2.05) is 0 Å². The van der Waals surface area contributed by atoms with Crippen molar-refractivity contribution in [1.29, 1.82) is 0 Å². The molecule has 1 saturated carbocycles. The lowest BCUT2D eigenvalue weighted by Gasteiger charge is -2.21. The fourth-order valence-electron chi connectivity index (χ4n) is 5.41. The topological polar surface area (TPSA) is 43.2 Å². The number of hydrogen-bond donors (Lipinski definition) is 0. The summed E-state index contributed by atoms with van der Waals surface area (Å²) in [7, 11) is 2.05. The van der Waals surface area contributed by atoms with Gasteiger partial charge in [0.05, 0.1) is 5.56 Å². The normalized spacial score (nSPS) is 25.6. The zero-order valence-corrected chi connectivity index (χ0v) is 20.3. The molecule has 3 aliphatic rings. The summed E-state index contributed by atoms with van der Waals surface area (Å²) in [5, 5.41) is 9.80. The molecule has 182 valence electrons. The third-order valence-corrected chi connectivity index (χ3v) is 8.41. The number of ether oxygens (including phenoxy) is 1. The Morgan fingerprint density at radius 3 is 2.58 bits per heavy atom. The molecule has 0 radical (unpaired) electrons. The quantitative estimate of drug-likeness (QED) is 0.398. The Morgan fingerprint density at radius 1 is 1.15 bits per heavy atom. The van der Waals surface area contributed by atoms with E-state index in [0.29, 0.717) is 11.8 Å². The van der Waals surface area contributed by atoms with Crippen LogP contribution >= 0.6 is 24.2 Å². The van der Waals surface area contributed by atoms with E-state index in [2.05, 4.69) is 26.7 Å². The standard InChI is InChI=1S/C23H29F3N4OS.ClH/c1-29-20(16-7-10-31-11-8-16)27-28-21(29)32-12-2-9-30-14-19-13-22(19,15-30)17-3-5-18(6-4-17)23(24,25)26;/h3-6,16,19H,2,7-15H2,1H3;1H/t19-,22+;/m0./s1. The molecule has 2 saturated heterocycles. The van der Waals surface area contributed by atoms with E-state index in [1.54, 1.807) is 23.9 Å². The number of thioether (sulfide) groups is 1. The zero-order valence-electron chi connectivity index (χ0n) is 18.7. The van der Waals surface area contributed by atoms with E-state index in [0.717, 1.165) is 80.8 Å². The summed E-state index contributed by atoms with van der Waals surface area (Å²) in [6, 6.07) is 5.83. The Hall–Kier alpha value is -1.29. The van der Waals surface area contributed by atoms with E-state index in [9.17, 15) is 13.2 Å². The fourth-order valence-corrected chi connectivity index (χ4v) is 6.25. The van der Waals surface area contributed by atoms with E-state index in [1.165, 1.54) is 12.1 Å². The van der Waals surface area contributed by atoms with Gasteiger partial charge in [0.15, 0.2) is 5.16 Å². The van der Waals surface area contributed by atoms with Crippen LogP contribution in [0.3, 0.4) is 0 Å². The van der Waals surface area contributed by atoms with Gasteiger partial charge in [-0.25, -0.2) is 0 Å². The van der Waals surface area contributed by atoms with Crippen LogP contribution in [-0.4, -0.2) is 58.3 Å². The van der Waals surface area contributed by atoms with Gasteiger partial charge in [0.2, 0.25) is 0 Å². The van der Waals surface area contributed by atoms with Gasteiger partial charge in [-0.15, -0.1) is 22.6 Å². The first-order chi connectivity index (χ1) is 15.4. The van der Waals surface area contributed by atoms with Gasteiger partial charge < -0.3 is 14.2 Å². The van der Waals surface area contributed by atoms with E-state index in [4.69, 9.17) is 4.74 Å². The van der Waals surface area contributed by atoms with Gasteiger partial charge in [-0.1, -0.05) is 23.9 Å². The maximum Gasteiger partial charge on any atom is 0.416 e. The van der Waals surface area contributed by atoms with Crippen molar-refractivity contribution in [3.05, 3.63) is 41.2 Å². The molecule has 0 bridgehead atoms. The van der Waals surface area contributed by atoms with Crippen LogP contribution in [0.5, 0.6) is 0 Å². The molecular weight excluding hydrogens is 473 g/mol. The summed E-state index contributed by atoms with van der Waals surface area (Å²) < 4.78 is 46.1. The molecule has 5 rings (SSSR count). The molecule has 2 atom stereocenters. The van der Waals surface area contributed by atoms with Crippen LogP contribution in [0, 0.1) is 5.92 Å². The van der Waals surface area contributed by atoms with Crippen molar-refractivity contribution in [1.82, 2.24) is 19.7 Å². The first kappa shape index (κ1) is 24.8. The van der Waals surface area contributed by atoms with Crippen LogP contribution in [0.4, 0.5) is 13.2 Å². The highest BCUT2D eigenvalue weighted by Gasteiger charge is 2.60. The van der Waals surface area contributed by atoms with Crippen LogP contribution in [0.25, 0.3) is 0 Å². The number of likely N-dealkylation sites (tertiary alicyclic amines) is 1. The summed E-state index contributed by atoms with van der Waals surface area (Å²) in [4.78, 5) is 2.47. The molecule has 3 fully saturated rings. The first-order valence-electron chi connectivity index (χ1n) is 11.4. The molecule has 0 unspecified atom stereocenters. The molecule has 1 aromatic heterocycles. The number of piperidine rings is 1. The molecule has 33 heavy (non-hydrogen) atoms. The largest absolute Gasteiger partial charge is 0.416 e. The van der Waals surface area contributed by atoms with Crippen molar-refractivity contribution in [2.45, 2.75) is 48.3 Å². The van der Waals surface area contributed by atoms with Crippen molar-refractivity contribution < 1.29 is 17.9 Å². The van der Waals surface area contributed by atoms with Crippen molar-refractivity contribution in [3.8, 4) is 0 Å². The maximum atomic E-state index is 12.9. The molecule has 1 aliphatic carbocycles. The molecule has 0 N–H and O–H groups in total. The minimum absolute atomic E-state index is 0. The van der Waals surface area contributed by atoms with Gasteiger partial charge in [-0.3, -0.25) is 0 Å². The summed E-state index contributed by atoms with van der Waals surface area (Å²) >= 11 is 1.75. The van der Waals surface area contributed by atoms with Gasteiger partial charge in [-0.05, 0) is 55.8 Å². The van der Waals surface area contributed by atoms with E-state index >= 15 is 0 Å². The molecular formula is C23H30ClF3N4OS. The third-order valence-electron chi connectivity index (χ3n) is 7.31. The molecule has 0 amide bonds. The summed E-state index contributed by atoms with van der Waals surface area (Å²) in [6.45, 7) is 4.60. The van der Waals surface area contributed by atoms with Crippen LogP contribution in [0.2, 0.25) is 0 Å². The highest BCUT2D eigenvalue weighted by Crippen LogP contribution is 2.59. The number of halogens is 4. The van der Waals surface area contributed by atoms with Crippen molar-refractivity contribution in [3.63, 3.8) is 0 Å². The van der Waals surface area contributed by atoms with Crippen molar-refractivity contribution in [2.24, 2.45) is 13.0 Å². The van der Waals surface area contributed by atoms with Crippen LogP contribution in [-0.2, 0) is 23.4 Å². The van der Waals surface area contributed by atoms with Gasteiger partial charge in [0.25, 0.3) is 0 Å². The highest BCUT2D eigenvalue weighted by molar-refractivity contribution is 7.99. The predicted octanol–water partition coefficient (Wildman–Crippen LogP) is 4.91. The zero-order chi connectivity index (χ0) is 22.3. The monoisotopic (exact) mass is 502 g/mol. The number of alkyl halides is 3. The minimum atomic E-state index is -4.27. The summed E-state index contributed by atoms with van der Waals surface area (Å²) in [5.41, 5.74) is 0.567. The van der Waals surface area contributed by atoms with Crippen LogP contribution in [0.1, 0.15) is 48.6 Å². The Bertz CT molecular complexity index is 948. The molecule has 10 heteroatoms. The Morgan fingerprint density at radius 2 is 1.88 bits per heavy atom.